The normalized spacial score (nSPS) is 23.7. The summed E-state index contributed by atoms with van der Waals surface area (Å²) in [4.78, 5) is 0. The summed E-state index contributed by atoms with van der Waals surface area (Å²) in [6.45, 7) is 11.4. The molecular weight excluding hydrogens is 288 g/mol. The maximum atomic E-state index is 5.88. The van der Waals surface area contributed by atoms with Gasteiger partial charge in [-0.15, -0.1) is 0 Å². The third-order valence-electron chi connectivity index (χ3n) is 3.91. The Morgan fingerprint density at radius 3 is 1.05 bits per heavy atom. The van der Waals surface area contributed by atoms with Crippen LogP contribution in [0.15, 0.2) is 0 Å². The zero-order valence-electron chi connectivity index (χ0n) is 13.6. The van der Waals surface area contributed by atoms with Gasteiger partial charge in [0.2, 0.25) is 0 Å². The van der Waals surface area contributed by atoms with Crippen molar-refractivity contribution in [2.45, 2.75) is 64.5 Å². The zero-order valence-corrected chi connectivity index (χ0v) is 15.9. The van der Waals surface area contributed by atoms with Crippen molar-refractivity contribution >= 4 is 18.6 Å². The third kappa shape index (κ3) is 5.95. The van der Waals surface area contributed by atoms with Crippen LogP contribution in [-0.4, -0.2) is 45.0 Å². The second-order valence-electron chi connectivity index (χ2n) is 5.23. The predicted molar refractivity (Wildman–Crippen MR) is 86.8 cm³/mol. The molecule has 1 aliphatic rings. The number of hydrogen-bond acceptors (Lipinski definition) is 4. The molecule has 1 aliphatic carbocycles. The fourth-order valence-corrected chi connectivity index (χ4v) is 7.44. The first-order chi connectivity index (χ1) is 9.76. The van der Waals surface area contributed by atoms with E-state index in [9.17, 15) is 0 Å². The number of rotatable bonds is 10. The van der Waals surface area contributed by atoms with Crippen LogP contribution in [0.2, 0.25) is 11.1 Å². The summed E-state index contributed by atoms with van der Waals surface area (Å²) in [6, 6.07) is 0. The molecule has 0 N–H and O–H groups in total. The van der Waals surface area contributed by atoms with Gasteiger partial charge in [0.25, 0.3) is 0 Å². The van der Waals surface area contributed by atoms with Crippen LogP contribution >= 0.6 is 0 Å². The summed E-state index contributed by atoms with van der Waals surface area (Å²) in [5.74, 6) is 0. The zero-order chi connectivity index (χ0) is 14.8. The van der Waals surface area contributed by atoms with Crippen LogP contribution in [0.5, 0.6) is 0 Å². The molecule has 1 rings (SSSR count). The second kappa shape index (κ2) is 10.9. The number of hydrogen-bond donors (Lipinski definition) is 0. The highest BCUT2D eigenvalue weighted by Crippen LogP contribution is 2.40. The topological polar surface area (TPSA) is 36.9 Å². The van der Waals surface area contributed by atoms with Gasteiger partial charge in [0.1, 0.15) is 0 Å². The van der Waals surface area contributed by atoms with Crippen LogP contribution in [-0.2, 0) is 17.7 Å². The molecule has 0 aromatic rings. The van der Waals surface area contributed by atoms with Crippen molar-refractivity contribution in [2.24, 2.45) is 0 Å². The van der Waals surface area contributed by atoms with Crippen molar-refractivity contribution in [2.75, 3.05) is 26.4 Å². The summed E-state index contributed by atoms with van der Waals surface area (Å²) in [6.07, 6.45) is 4.91. The maximum absolute atomic E-state index is 5.88. The molecule has 0 atom stereocenters. The van der Waals surface area contributed by atoms with Gasteiger partial charge in [-0.25, -0.2) is 0 Å². The largest absolute Gasteiger partial charge is 0.397 e. The highest BCUT2D eigenvalue weighted by molar-refractivity contribution is 6.47. The Bertz CT molecular complexity index is 199. The van der Waals surface area contributed by atoms with E-state index in [0.29, 0.717) is 11.1 Å². The van der Waals surface area contributed by atoms with E-state index in [1.807, 2.05) is 0 Å². The van der Waals surface area contributed by atoms with Crippen molar-refractivity contribution in [3.05, 3.63) is 0 Å². The molecule has 0 heterocycles. The standard InChI is InChI=1S/C14H32O4Si2/c1-5-15-19(16-6-2)13-9-11-14(12-10-13)20(17-7-3)18-8-4/h13-14,19-20H,5-12H2,1-4H3. The minimum absolute atomic E-state index is 0.670. The predicted octanol–water partition coefficient (Wildman–Crippen LogP) is 2.89. The summed E-state index contributed by atoms with van der Waals surface area (Å²) < 4.78 is 23.5. The molecule has 0 spiro atoms. The highest BCUT2D eigenvalue weighted by atomic mass is 28.3. The first-order valence-corrected chi connectivity index (χ1v) is 11.4. The van der Waals surface area contributed by atoms with E-state index < -0.39 is 18.6 Å². The summed E-state index contributed by atoms with van der Waals surface area (Å²) in [5.41, 5.74) is 1.34. The smallest absolute Gasteiger partial charge is 0.324 e. The molecule has 4 nitrogen and oxygen atoms in total. The lowest BCUT2D eigenvalue weighted by molar-refractivity contribution is 0.181. The lowest BCUT2D eigenvalue weighted by Crippen LogP contribution is -2.35. The minimum Gasteiger partial charge on any atom is -0.397 e. The fraction of sp³-hybridized carbons (Fsp3) is 1.00. The molecule has 0 radical (unpaired) electrons. The van der Waals surface area contributed by atoms with Crippen LogP contribution in [0.3, 0.4) is 0 Å². The second-order valence-corrected chi connectivity index (χ2v) is 9.93. The lowest BCUT2D eigenvalue weighted by atomic mass is 9.99. The molecule has 6 heteroatoms. The molecule has 1 saturated carbocycles. The fourth-order valence-electron chi connectivity index (χ4n) is 2.99. The Balaban J connectivity index is 2.43. The third-order valence-corrected chi connectivity index (χ3v) is 9.43. The summed E-state index contributed by atoms with van der Waals surface area (Å²) in [7, 11) is -2.94. The molecule has 0 unspecified atom stereocenters. The van der Waals surface area contributed by atoms with Gasteiger partial charge in [-0.3, -0.25) is 0 Å². The van der Waals surface area contributed by atoms with E-state index in [4.69, 9.17) is 17.7 Å². The molecule has 20 heavy (non-hydrogen) atoms. The monoisotopic (exact) mass is 320 g/mol. The van der Waals surface area contributed by atoms with E-state index in [1.54, 1.807) is 0 Å². The van der Waals surface area contributed by atoms with Crippen molar-refractivity contribution in [1.29, 1.82) is 0 Å². The molecule has 0 aromatic heterocycles. The van der Waals surface area contributed by atoms with Crippen molar-refractivity contribution in [3.63, 3.8) is 0 Å². The Morgan fingerprint density at radius 2 is 0.850 bits per heavy atom. The summed E-state index contributed by atoms with van der Waals surface area (Å²) >= 11 is 0. The van der Waals surface area contributed by atoms with Gasteiger partial charge >= 0.3 is 18.6 Å². The van der Waals surface area contributed by atoms with Gasteiger partial charge in [0.05, 0.1) is 0 Å². The Kier molecular flexibility index (Phi) is 10.0. The maximum Gasteiger partial charge on any atom is 0.324 e. The molecule has 0 bridgehead atoms. The lowest BCUT2D eigenvalue weighted by Gasteiger charge is -2.34. The van der Waals surface area contributed by atoms with Crippen molar-refractivity contribution < 1.29 is 17.7 Å². The first kappa shape index (κ1) is 18.3. The molecule has 1 fully saturated rings. The molecule has 0 amide bonds. The average molecular weight is 321 g/mol. The SMILES string of the molecule is CCO[SiH](OCC)C1CCC([SiH](OCC)OCC)CC1. The Labute approximate surface area is 127 Å². The summed E-state index contributed by atoms with van der Waals surface area (Å²) in [5, 5.41) is 0. The molecule has 0 aliphatic heterocycles. The average Bonchev–Trinajstić information content (AvgIpc) is 2.47. The Hall–Kier alpha value is 0.274. The van der Waals surface area contributed by atoms with Gasteiger partial charge in [-0.2, -0.15) is 0 Å². The van der Waals surface area contributed by atoms with Crippen LogP contribution in [0.1, 0.15) is 53.4 Å². The van der Waals surface area contributed by atoms with Gasteiger partial charge in [-0.1, -0.05) is 0 Å². The van der Waals surface area contributed by atoms with Crippen LogP contribution in [0, 0.1) is 0 Å². The van der Waals surface area contributed by atoms with E-state index in [2.05, 4.69) is 27.7 Å². The van der Waals surface area contributed by atoms with Gasteiger partial charge in [0, 0.05) is 26.4 Å². The van der Waals surface area contributed by atoms with Crippen LogP contribution in [0.4, 0.5) is 0 Å². The van der Waals surface area contributed by atoms with E-state index in [0.717, 1.165) is 26.4 Å². The van der Waals surface area contributed by atoms with Gasteiger partial charge in [0.15, 0.2) is 0 Å². The first-order valence-electron chi connectivity index (χ1n) is 8.23. The van der Waals surface area contributed by atoms with Gasteiger partial charge in [-0.05, 0) is 64.5 Å². The molecule has 0 aromatic carbocycles. The van der Waals surface area contributed by atoms with Gasteiger partial charge < -0.3 is 17.7 Å². The van der Waals surface area contributed by atoms with Crippen molar-refractivity contribution in [3.8, 4) is 0 Å². The molecular formula is C14H32O4Si2. The highest BCUT2D eigenvalue weighted by Gasteiger charge is 2.35. The van der Waals surface area contributed by atoms with Crippen LogP contribution < -0.4 is 0 Å². The van der Waals surface area contributed by atoms with Crippen LogP contribution in [0.25, 0.3) is 0 Å². The van der Waals surface area contributed by atoms with E-state index in [-0.39, 0.29) is 0 Å². The van der Waals surface area contributed by atoms with E-state index in [1.165, 1.54) is 25.7 Å². The molecule has 0 saturated heterocycles. The molecule has 120 valence electrons. The quantitative estimate of drug-likeness (QED) is 0.580. The van der Waals surface area contributed by atoms with Crippen molar-refractivity contribution in [1.82, 2.24) is 0 Å². The Morgan fingerprint density at radius 1 is 0.600 bits per heavy atom. The van der Waals surface area contributed by atoms with E-state index >= 15 is 0 Å². The minimum atomic E-state index is -1.47.